The van der Waals surface area contributed by atoms with E-state index in [0.717, 1.165) is 12.8 Å². The topological polar surface area (TPSA) is 111 Å². The highest BCUT2D eigenvalue weighted by atomic mass is 32.2. The smallest absolute Gasteiger partial charge is 0.328 e. The molecule has 4 N–H and O–H groups in total. The van der Waals surface area contributed by atoms with Gasteiger partial charge in [0, 0.05) is 11.6 Å². The van der Waals surface area contributed by atoms with Crippen LogP contribution in [0.3, 0.4) is 0 Å². The SMILES string of the molecule is CC[C@@H](C)[C@@H](N)C(=O)Oc1ccc(C(=O)CSC2NC(=O)C(C(C)C)C(CC3CCCCC3)N2)cc1. The van der Waals surface area contributed by atoms with Crippen LogP contribution in [0.1, 0.15) is 83.0 Å². The van der Waals surface area contributed by atoms with E-state index in [1.807, 2.05) is 13.8 Å². The van der Waals surface area contributed by atoms with Gasteiger partial charge in [-0.05, 0) is 48.4 Å². The molecule has 8 heteroatoms. The van der Waals surface area contributed by atoms with Gasteiger partial charge in [-0.3, -0.25) is 14.9 Å². The van der Waals surface area contributed by atoms with Crippen molar-refractivity contribution >= 4 is 29.4 Å². The summed E-state index contributed by atoms with van der Waals surface area (Å²) in [5.41, 5.74) is 6.19. The van der Waals surface area contributed by atoms with E-state index in [1.165, 1.54) is 43.9 Å². The summed E-state index contributed by atoms with van der Waals surface area (Å²) in [6.45, 7) is 8.10. The highest BCUT2D eigenvalue weighted by Gasteiger charge is 2.39. The third-order valence-electron chi connectivity index (χ3n) is 7.71. The van der Waals surface area contributed by atoms with Crippen LogP contribution in [-0.2, 0) is 9.59 Å². The maximum atomic E-state index is 12.9. The van der Waals surface area contributed by atoms with Gasteiger partial charge in [0.25, 0.3) is 0 Å². The molecule has 1 aromatic rings. The second-order valence-electron chi connectivity index (χ2n) is 10.8. The molecule has 5 atom stereocenters. The number of nitrogens with one attached hydrogen (secondary N) is 2. The third-order valence-corrected chi connectivity index (χ3v) is 8.73. The Morgan fingerprint density at radius 1 is 1.11 bits per heavy atom. The van der Waals surface area contributed by atoms with E-state index in [2.05, 4.69) is 24.5 Å². The number of amides is 1. The van der Waals surface area contributed by atoms with Crippen LogP contribution in [0.4, 0.5) is 0 Å². The van der Waals surface area contributed by atoms with Gasteiger partial charge in [0.2, 0.25) is 5.91 Å². The normalized spacial score (nSPS) is 24.7. The molecule has 200 valence electrons. The predicted molar refractivity (Wildman–Crippen MR) is 145 cm³/mol. The van der Waals surface area contributed by atoms with Crippen LogP contribution >= 0.6 is 11.8 Å². The van der Waals surface area contributed by atoms with Crippen molar-refractivity contribution in [2.75, 3.05) is 5.75 Å². The van der Waals surface area contributed by atoms with Crippen molar-refractivity contribution in [3.63, 3.8) is 0 Å². The number of carbonyl (C=O) groups is 3. The molecule has 0 radical (unpaired) electrons. The first-order valence-electron chi connectivity index (χ1n) is 13.5. The highest BCUT2D eigenvalue weighted by molar-refractivity contribution is 8.00. The molecular formula is C28H43N3O4S. The number of hydrogen-bond donors (Lipinski definition) is 3. The number of carbonyl (C=O) groups excluding carboxylic acids is 3. The van der Waals surface area contributed by atoms with E-state index >= 15 is 0 Å². The first-order chi connectivity index (χ1) is 17.2. The van der Waals surface area contributed by atoms with Crippen LogP contribution < -0.4 is 21.1 Å². The Hall–Kier alpha value is -1.90. The molecule has 1 amide bonds. The lowest BCUT2D eigenvalue weighted by atomic mass is 9.78. The van der Waals surface area contributed by atoms with E-state index in [4.69, 9.17) is 10.5 Å². The van der Waals surface area contributed by atoms with Gasteiger partial charge in [-0.25, -0.2) is 4.79 Å². The molecule has 1 heterocycles. The molecule has 2 fully saturated rings. The van der Waals surface area contributed by atoms with Gasteiger partial charge in [-0.1, -0.05) is 66.2 Å². The maximum absolute atomic E-state index is 12.9. The number of rotatable bonds is 11. The number of esters is 1. The van der Waals surface area contributed by atoms with Crippen LogP contribution in [0.15, 0.2) is 24.3 Å². The summed E-state index contributed by atoms with van der Waals surface area (Å²) in [6.07, 6.45) is 8.18. The summed E-state index contributed by atoms with van der Waals surface area (Å²) in [7, 11) is 0. The van der Waals surface area contributed by atoms with E-state index in [1.54, 1.807) is 24.3 Å². The zero-order valence-corrected chi connectivity index (χ0v) is 22.9. The van der Waals surface area contributed by atoms with Crippen molar-refractivity contribution in [2.45, 2.75) is 90.2 Å². The molecule has 1 aromatic carbocycles. The van der Waals surface area contributed by atoms with Gasteiger partial charge in [-0.2, -0.15) is 0 Å². The molecule has 36 heavy (non-hydrogen) atoms. The van der Waals surface area contributed by atoms with Gasteiger partial charge >= 0.3 is 5.97 Å². The Morgan fingerprint density at radius 2 is 1.78 bits per heavy atom. The summed E-state index contributed by atoms with van der Waals surface area (Å²) in [5.74, 6) is 1.07. The largest absolute Gasteiger partial charge is 0.425 e. The fraction of sp³-hybridized carbons (Fsp3) is 0.679. The van der Waals surface area contributed by atoms with Gasteiger partial charge < -0.3 is 15.8 Å². The van der Waals surface area contributed by atoms with E-state index in [9.17, 15) is 14.4 Å². The molecule has 0 aromatic heterocycles. The average molecular weight is 518 g/mol. The molecule has 0 bridgehead atoms. The second kappa shape index (κ2) is 13.6. The molecule has 3 rings (SSSR count). The number of hydrogen-bond acceptors (Lipinski definition) is 7. The standard InChI is InChI=1S/C28H43N3O4S/c1-5-18(4)25(29)27(34)35-21-13-11-20(12-14-21)23(32)16-36-28-30-22(15-19-9-7-6-8-10-19)24(17(2)3)26(33)31-28/h11-14,17-19,22,24-25,28,30H,5-10,15-16,29H2,1-4H3,(H,31,33)/t18-,22?,24?,25-,28?/m1/s1. The third kappa shape index (κ3) is 7.80. The number of ketones is 1. The lowest BCUT2D eigenvalue weighted by molar-refractivity contribution is -0.137. The predicted octanol–water partition coefficient (Wildman–Crippen LogP) is 4.50. The van der Waals surface area contributed by atoms with Crippen LogP contribution in [0.5, 0.6) is 5.75 Å². The van der Waals surface area contributed by atoms with Crippen molar-refractivity contribution in [1.82, 2.24) is 10.6 Å². The van der Waals surface area contributed by atoms with Crippen LogP contribution in [0.25, 0.3) is 0 Å². The number of nitrogens with two attached hydrogens (primary N) is 1. The lowest BCUT2D eigenvalue weighted by Gasteiger charge is -2.41. The first kappa shape index (κ1) is 28.7. The number of ether oxygens (including phenoxy) is 1. The van der Waals surface area contributed by atoms with E-state index < -0.39 is 12.0 Å². The van der Waals surface area contributed by atoms with Gasteiger partial charge in [0.05, 0.1) is 11.7 Å². The number of benzene rings is 1. The monoisotopic (exact) mass is 517 g/mol. The summed E-state index contributed by atoms with van der Waals surface area (Å²) >= 11 is 1.41. The van der Waals surface area contributed by atoms with Crippen molar-refractivity contribution in [3.05, 3.63) is 29.8 Å². The van der Waals surface area contributed by atoms with Gasteiger partial charge in [-0.15, -0.1) is 11.8 Å². The van der Waals surface area contributed by atoms with E-state index in [0.29, 0.717) is 17.2 Å². The van der Waals surface area contributed by atoms with E-state index in [-0.39, 0.29) is 46.7 Å². The minimum Gasteiger partial charge on any atom is -0.425 e. The molecule has 0 spiro atoms. The Labute approximate surface area is 220 Å². The molecule has 2 aliphatic rings. The highest BCUT2D eigenvalue weighted by Crippen LogP contribution is 2.33. The van der Waals surface area contributed by atoms with Crippen molar-refractivity contribution in [3.8, 4) is 5.75 Å². The quantitative estimate of drug-likeness (QED) is 0.225. The Morgan fingerprint density at radius 3 is 2.39 bits per heavy atom. The Kier molecular flexibility index (Phi) is 10.8. The maximum Gasteiger partial charge on any atom is 0.328 e. The summed E-state index contributed by atoms with van der Waals surface area (Å²) in [6, 6.07) is 6.01. The lowest BCUT2D eigenvalue weighted by Crippen LogP contribution is -2.61. The Balaban J connectivity index is 1.54. The van der Waals surface area contributed by atoms with Gasteiger partial charge in [0.15, 0.2) is 5.78 Å². The average Bonchev–Trinajstić information content (AvgIpc) is 2.86. The first-order valence-corrected chi connectivity index (χ1v) is 14.5. The minimum atomic E-state index is -0.678. The summed E-state index contributed by atoms with van der Waals surface area (Å²) in [4.78, 5) is 38.0. The van der Waals surface area contributed by atoms with Crippen LogP contribution in [0, 0.1) is 23.7 Å². The number of thioether (sulfide) groups is 1. The summed E-state index contributed by atoms with van der Waals surface area (Å²) < 4.78 is 5.37. The fourth-order valence-electron chi connectivity index (χ4n) is 5.22. The molecular weight excluding hydrogens is 474 g/mol. The number of Topliss-reactive ketones (excluding diaryl/α,β-unsaturated/α-hetero) is 1. The molecule has 3 unspecified atom stereocenters. The molecule has 1 saturated heterocycles. The zero-order chi connectivity index (χ0) is 26.2. The van der Waals surface area contributed by atoms with Crippen molar-refractivity contribution < 1.29 is 19.1 Å². The fourth-order valence-corrected chi connectivity index (χ4v) is 6.18. The van der Waals surface area contributed by atoms with Crippen molar-refractivity contribution in [2.24, 2.45) is 29.4 Å². The second-order valence-corrected chi connectivity index (χ2v) is 11.9. The molecule has 1 saturated carbocycles. The van der Waals surface area contributed by atoms with Gasteiger partial charge in [0.1, 0.15) is 17.3 Å². The minimum absolute atomic E-state index is 0.0299. The van der Waals surface area contributed by atoms with Crippen molar-refractivity contribution in [1.29, 1.82) is 0 Å². The van der Waals surface area contributed by atoms with Crippen LogP contribution in [0.2, 0.25) is 0 Å². The Bertz CT molecular complexity index is 885. The van der Waals surface area contributed by atoms with Crippen LogP contribution in [-0.4, -0.2) is 41.0 Å². The zero-order valence-electron chi connectivity index (χ0n) is 22.1. The summed E-state index contributed by atoms with van der Waals surface area (Å²) in [5, 5.41) is 6.70. The molecule has 1 aliphatic carbocycles. The molecule has 1 aliphatic heterocycles. The molecule has 7 nitrogen and oxygen atoms in total.